The Balaban J connectivity index is 1.81. The molecule has 6 heteroatoms. The van der Waals surface area contributed by atoms with Gasteiger partial charge in [-0.25, -0.2) is 0 Å². The fraction of sp³-hybridized carbons (Fsp3) is 0.167. The predicted molar refractivity (Wildman–Crippen MR) is 116 cm³/mol. The van der Waals surface area contributed by atoms with Crippen molar-refractivity contribution in [3.05, 3.63) is 89.5 Å². The number of amides is 2. The number of para-hydroxylation sites is 1. The van der Waals surface area contributed by atoms with E-state index < -0.39 is 0 Å². The smallest absolute Gasteiger partial charge is 0.256 e. The van der Waals surface area contributed by atoms with Gasteiger partial charge in [-0.1, -0.05) is 42.5 Å². The maximum atomic E-state index is 13.0. The molecule has 0 aliphatic heterocycles. The van der Waals surface area contributed by atoms with E-state index in [1.165, 1.54) is 14.2 Å². The molecule has 0 saturated carbocycles. The van der Waals surface area contributed by atoms with Gasteiger partial charge in [0.15, 0.2) is 0 Å². The summed E-state index contributed by atoms with van der Waals surface area (Å²) in [5, 5.41) is 2.83. The highest BCUT2D eigenvalue weighted by Crippen LogP contribution is 2.24. The Morgan fingerprint density at radius 3 is 2.10 bits per heavy atom. The van der Waals surface area contributed by atoms with Crippen LogP contribution in [0.3, 0.4) is 0 Å². The third-order valence-corrected chi connectivity index (χ3v) is 4.63. The summed E-state index contributed by atoms with van der Waals surface area (Å²) in [6.45, 7) is 0.467. The highest BCUT2D eigenvalue weighted by molar-refractivity contribution is 6.09. The van der Waals surface area contributed by atoms with Crippen molar-refractivity contribution in [2.75, 3.05) is 26.6 Å². The molecule has 6 nitrogen and oxygen atoms in total. The summed E-state index contributed by atoms with van der Waals surface area (Å²) < 4.78 is 10.5. The molecule has 0 fully saturated rings. The van der Waals surface area contributed by atoms with E-state index in [9.17, 15) is 9.59 Å². The van der Waals surface area contributed by atoms with E-state index in [0.717, 1.165) is 5.56 Å². The molecule has 0 heterocycles. The van der Waals surface area contributed by atoms with Crippen LogP contribution in [0.25, 0.3) is 0 Å². The second kappa shape index (κ2) is 9.60. The molecule has 0 aliphatic rings. The van der Waals surface area contributed by atoms with Gasteiger partial charge in [-0.3, -0.25) is 9.59 Å². The number of benzene rings is 3. The van der Waals surface area contributed by atoms with Crippen LogP contribution < -0.4 is 14.8 Å². The Labute approximate surface area is 176 Å². The maximum absolute atomic E-state index is 13.0. The molecule has 0 radical (unpaired) electrons. The Morgan fingerprint density at radius 1 is 0.867 bits per heavy atom. The Kier molecular flexibility index (Phi) is 6.70. The molecule has 0 spiro atoms. The van der Waals surface area contributed by atoms with Crippen LogP contribution in [0.2, 0.25) is 0 Å². The zero-order valence-electron chi connectivity index (χ0n) is 17.2. The first-order valence-electron chi connectivity index (χ1n) is 9.44. The quantitative estimate of drug-likeness (QED) is 0.640. The summed E-state index contributed by atoms with van der Waals surface area (Å²) in [4.78, 5) is 27.5. The van der Waals surface area contributed by atoms with Crippen LogP contribution >= 0.6 is 0 Å². The Hall–Kier alpha value is -3.80. The first-order chi connectivity index (χ1) is 14.5. The highest BCUT2D eigenvalue weighted by atomic mass is 16.5. The topological polar surface area (TPSA) is 67.9 Å². The molecule has 1 N–H and O–H groups in total. The maximum Gasteiger partial charge on any atom is 0.256 e. The Bertz CT molecular complexity index is 1010. The minimum absolute atomic E-state index is 0.182. The number of methoxy groups -OCH3 is 2. The zero-order chi connectivity index (χ0) is 21.5. The molecular formula is C24H24N2O4. The lowest BCUT2D eigenvalue weighted by molar-refractivity contribution is 0.0786. The van der Waals surface area contributed by atoms with Crippen molar-refractivity contribution in [1.29, 1.82) is 0 Å². The minimum Gasteiger partial charge on any atom is -0.497 e. The summed E-state index contributed by atoms with van der Waals surface area (Å²) >= 11 is 0. The van der Waals surface area contributed by atoms with E-state index in [-0.39, 0.29) is 11.8 Å². The number of hydrogen-bond donors (Lipinski definition) is 1. The number of ether oxygens (including phenoxy) is 2. The van der Waals surface area contributed by atoms with Crippen LogP contribution in [0.4, 0.5) is 5.69 Å². The third-order valence-electron chi connectivity index (χ3n) is 4.63. The summed E-state index contributed by atoms with van der Waals surface area (Å²) in [6, 6.07) is 21.6. The van der Waals surface area contributed by atoms with Crippen molar-refractivity contribution in [3.8, 4) is 11.5 Å². The van der Waals surface area contributed by atoms with Crippen LogP contribution in [-0.4, -0.2) is 38.0 Å². The van der Waals surface area contributed by atoms with Gasteiger partial charge in [-0.2, -0.15) is 0 Å². The van der Waals surface area contributed by atoms with Gasteiger partial charge in [-0.15, -0.1) is 0 Å². The SMILES string of the molecule is COc1cc(OC)cc(C(=O)Nc2ccccc2C(=O)N(C)Cc2ccccc2)c1. The minimum atomic E-state index is -0.363. The van der Waals surface area contributed by atoms with E-state index in [1.54, 1.807) is 54.4 Å². The molecule has 0 aromatic heterocycles. The first kappa shape index (κ1) is 20.9. The summed E-state index contributed by atoms with van der Waals surface area (Å²) in [6.07, 6.45) is 0. The van der Waals surface area contributed by atoms with Crippen molar-refractivity contribution in [2.24, 2.45) is 0 Å². The number of anilines is 1. The van der Waals surface area contributed by atoms with Gasteiger partial charge in [0, 0.05) is 25.2 Å². The van der Waals surface area contributed by atoms with E-state index in [4.69, 9.17) is 9.47 Å². The van der Waals surface area contributed by atoms with Crippen molar-refractivity contribution in [2.45, 2.75) is 6.54 Å². The normalized spacial score (nSPS) is 10.2. The molecule has 30 heavy (non-hydrogen) atoms. The molecule has 0 bridgehead atoms. The van der Waals surface area contributed by atoms with Gasteiger partial charge in [0.1, 0.15) is 11.5 Å². The summed E-state index contributed by atoms with van der Waals surface area (Å²) in [5.74, 6) is 0.467. The fourth-order valence-electron chi connectivity index (χ4n) is 3.05. The second-order valence-corrected chi connectivity index (χ2v) is 6.75. The average Bonchev–Trinajstić information content (AvgIpc) is 2.79. The predicted octanol–water partition coefficient (Wildman–Crippen LogP) is 4.23. The molecular weight excluding hydrogens is 380 g/mol. The molecule has 0 aliphatic carbocycles. The van der Waals surface area contributed by atoms with Gasteiger partial charge in [0.25, 0.3) is 11.8 Å². The van der Waals surface area contributed by atoms with Gasteiger partial charge in [0.05, 0.1) is 25.5 Å². The summed E-state index contributed by atoms with van der Waals surface area (Å²) in [7, 11) is 4.78. The molecule has 3 aromatic carbocycles. The van der Waals surface area contributed by atoms with Gasteiger partial charge in [0.2, 0.25) is 0 Å². The first-order valence-corrected chi connectivity index (χ1v) is 9.44. The lowest BCUT2D eigenvalue weighted by Gasteiger charge is -2.19. The molecule has 0 saturated heterocycles. The van der Waals surface area contributed by atoms with E-state index in [1.807, 2.05) is 30.3 Å². The fourth-order valence-corrected chi connectivity index (χ4v) is 3.05. The van der Waals surface area contributed by atoms with Crippen LogP contribution in [-0.2, 0) is 6.54 Å². The molecule has 0 unspecified atom stereocenters. The van der Waals surface area contributed by atoms with Crippen molar-refractivity contribution >= 4 is 17.5 Å². The monoisotopic (exact) mass is 404 g/mol. The number of hydrogen-bond acceptors (Lipinski definition) is 4. The Morgan fingerprint density at radius 2 is 1.47 bits per heavy atom. The lowest BCUT2D eigenvalue weighted by Crippen LogP contribution is -2.27. The standard InChI is InChI=1S/C24H24N2O4/c1-26(16-17-9-5-4-6-10-17)24(28)21-11-7-8-12-22(21)25-23(27)18-13-19(29-2)15-20(14-18)30-3/h4-15H,16H2,1-3H3,(H,25,27). The lowest BCUT2D eigenvalue weighted by atomic mass is 10.1. The molecule has 154 valence electrons. The van der Waals surface area contributed by atoms with Gasteiger partial charge >= 0.3 is 0 Å². The van der Waals surface area contributed by atoms with Crippen molar-refractivity contribution in [3.63, 3.8) is 0 Å². The highest BCUT2D eigenvalue weighted by Gasteiger charge is 2.18. The largest absolute Gasteiger partial charge is 0.497 e. The van der Waals surface area contributed by atoms with E-state index in [0.29, 0.717) is 34.9 Å². The van der Waals surface area contributed by atoms with Gasteiger partial charge < -0.3 is 19.7 Å². The van der Waals surface area contributed by atoms with Crippen LogP contribution in [0.15, 0.2) is 72.8 Å². The number of nitrogens with zero attached hydrogens (tertiary/aromatic N) is 1. The van der Waals surface area contributed by atoms with Crippen LogP contribution in [0.5, 0.6) is 11.5 Å². The van der Waals surface area contributed by atoms with Crippen molar-refractivity contribution < 1.29 is 19.1 Å². The average molecular weight is 404 g/mol. The number of nitrogens with one attached hydrogen (secondary N) is 1. The van der Waals surface area contributed by atoms with Crippen LogP contribution in [0, 0.1) is 0 Å². The molecule has 0 atom stereocenters. The molecule has 2 amide bonds. The number of carbonyl (C=O) groups excluding carboxylic acids is 2. The van der Waals surface area contributed by atoms with E-state index in [2.05, 4.69) is 5.32 Å². The van der Waals surface area contributed by atoms with E-state index >= 15 is 0 Å². The number of carbonyl (C=O) groups is 2. The number of rotatable bonds is 7. The second-order valence-electron chi connectivity index (χ2n) is 6.75. The van der Waals surface area contributed by atoms with Crippen molar-refractivity contribution in [1.82, 2.24) is 4.90 Å². The molecule has 3 rings (SSSR count). The molecule has 3 aromatic rings. The van der Waals surface area contributed by atoms with Crippen LogP contribution in [0.1, 0.15) is 26.3 Å². The summed E-state index contributed by atoms with van der Waals surface area (Å²) in [5.41, 5.74) is 2.25. The third kappa shape index (κ3) is 4.97. The van der Waals surface area contributed by atoms with Gasteiger partial charge in [-0.05, 0) is 29.8 Å². The zero-order valence-corrected chi connectivity index (χ0v) is 17.2.